The maximum absolute atomic E-state index is 12.6. The van der Waals surface area contributed by atoms with Crippen molar-refractivity contribution in [3.8, 4) is 23.8 Å². The number of hydrogen-bond donors (Lipinski definition) is 3. The van der Waals surface area contributed by atoms with Crippen LogP contribution in [0, 0.1) is 41.4 Å². The number of aromatic amines is 1. The zero-order valence-electron chi connectivity index (χ0n) is 23.7. The number of carbonyl (C=O) groups excluding carboxylic acids is 1. The first-order chi connectivity index (χ1) is 18.2. The Morgan fingerprint density at radius 2 is 2.08 bits per heavy atom. The number of H-pyrrole nitrogens is 1. The largest absolute Gasteiger partial charge is 0.444 e. The number of rotatable bonds is 3. The van der Waals surface area contributed by atoms with E-state index in [1.54, 1.807) is 4.90 Å². The number of nitrogens with two attached hydrogens (primary N) is 1. The van der Waals surface area contributed by atoms with Crippen LogP contribution in [0.15, 0.2) is 29.7 Å². The Morgan fingerprint density at radius 1 is 1.36 bits per heavy atom. The molecular weight excluding hydrogens is 494 g/mol. The lowest BCUT2D eigenvalue weighted by Gasteiger charge is -2.41. The Kier molecular flexibility index (Phi) is 7.18. The van der Waals surface area contributed by atoms with E-state index in [-0.39, 0.29) is 24.5 Å². The second-order valence-electron chi connectivity index (χ2n) is 12.0. The van der Waals surface area contributed by atoms with Crippen molar-refractivity contribution in [2.45, 2.75) is 72.5 Å². The molecule has 206 valence electrons. The van der Waals surface area contributed by atoms with Gasteiger partial charge in [0.05, 0.1) is 17.6 Å². The van der Waals surface area contributed by atoms with E-state index in [9.17, 15) is 15.2 Å². The number of benzene rings is 1. The van der Waals surface area contributed by atoms with E-state index in [2.05, 4.69) is 28.1 Å². The average molecular weight is 532 g/mol. The predicted molar refractivity (Wildman–Crippen MR) is 146 cm³/mol. The fourth-order valence-corrected chi connectivity index (χ4v) is 5.61. The van der Waals surface area contributed by atoms with Crippen molar-refractivity contribution in [1.29, 1.82) is 5.26 Å². The van der Waals surface area contributed by atoms with Crippen molar-refractivity contribution in [3.63, 3.8) is 0 Å². The number of amides is 1. The van der Waals surface area contributed by atoms with Crippen LogP contribution in [0.5, 0.6) is 5.88 Å². The van der Waals surface area contributed by atoms with Crippen LogP contribution in [0.3, 0.4) is 0 Å². The number of aromatic nitrogens is 2. The molecule has 2 unspecified atom stereocenters. The van der Waals surface area contributed by atoms with Gasteiger partial charge in [-0.15, -0.1) is 5.10 Å². The van der Waals surface area contributed by atoms with Gasteiger partial charge in [-0.25, -0.2) is 4.79 Å². The van der Waals surface area contributed by atoms with Crippen LogP contribution in [-0.4, -0.2) is 45.0 Å². The first kappa shape index (κ1) is 28.1. The lowest BCUT2D eigenvalue weighted by molar-refractivity contribution is 0.0283. The first-order valence-electron chi connectivity index (χ1n) is 13.1. The molecule has 9 nitrogen and oxygen atoms in total. The summed E-state index contributed by atoms with van der Waals surface area (Å²) in [5.74, 6) is 6.90. The minimum absolute atomic E-state index is 0.00735. The van der Waals surface area contributed by atoms with Crippen molar-refractivity contribution in [2.75, 3.05) is 13.1 Å². The van der Waals surface area contributed by atoms with Gasteiger partial charge in [-0.3, -0.25) is 5.10 Å². The highest BCUT2D eigenvalue weighted by atomic mass is 16.6. The van der Waals surface area contributed by atoms with Gasteiger partial charge in [-0.2, -0.15) is 5.26 Å². The van der Waals surface area contributed by atoms with Gasteiger partial charge in [0, 0.05) is 29.8 Å². The Labute approximate surface area is 230 Å². The van der Waals surface area contributed by atoms with Crippen molar-refractivity contribution in [3.05, 3.63) is 57.6 Å². The molecule has 4 N–H and O–H groups in total. The van der Waals surface area contributed by atoms with Crippen LogP contribution in [0.25, 0.3) is 0 Å². The van der Waals surface area contributed by atoms with Crippen molar-refractivity contribution in [1.82, 2.24) is 15.1 Å². The third-order valence-electron chi connectivity index (χ3n) is 7.40. The summed E-state index contributed by atoms with van der Waals surface area (Å²) in [5.41, 5.74) is 8.25. The summed E-state index contributed by atoms with van der Waals surface area (Å²) < 4.78 is 11.3. The molecule has 39 heavy (non-hydrogen) atoms. The van der Waals surface area contributed by atoms with Gasteiger partial charge in [0.25, 0.3) is 0 Å². The number of nitriles is 1. The summed E-state index contributed by atoms with van der Waals surface area (Å²) in [6.45, 7) is 14.3. The molecule has 0 saturated carbocycles. The number of ether oxygens (including phenoxy) is 2. The van der Waals surface area contributed by atoms with Crippen LogP contribution >= 0.6 is 0 Å². The maximum atomic E-state index is 12.6. The first-order valence-corrected chi connectivity index (χ1v) is 13.1. The minimum Gasteiger partial charge on any atom is -0.444 e. The number of likely N-dealkylation sites (tertiary alicyclic amines) is 1. The molecule has 3 heterocycles. The van der Waals surface area contributed by atoms with Crippen molar-refractivity contribution < 1.29 is 19.4 Å². The summed E-state index contributed by atoms with van der Waals surface area (Å²) >= 11 is 0. The predicted octanol–water partition coefficient (Wildman–Crippen LogP) is 4.24. The normalized spacial score (nSPS) is 22.6. The van der Waals surface area contributed by atoms with E-state index < -0.39 is 16.4 Å². The van der Waals surface area contributed by atoms with Crippen molar-refractivity contribution in [2.24, 2.45) is 17.1 Å². The molecule has 1 saturated heterocycles. The van der Waals surface area contributed by atoms with Gasteiger partial charge in [-0.1, -0.05) is 31.8 Å². The summed E-state index contributed by atoms with van der Waals surface area (Å²) in [6, 6.07) is 7.97. The second-order valence-corrected chi connectivity index (χ2v) is 12.0. The summed E-state index contributed by atoms with van der Waals surface area (Å²) in [7, 11) is 0. The number of nitrogens with one attached hydrogen (secondary N) is 1. The van der Waals surface area contributed by atoms with Gasteiger partial charge < -0.3 is 25.2 Å². The third-order valence-corrected chi connectivity index (χ3v) is 7.40. The molecule has 0 spiro atoms. The van der Waals surface area contributed by atoms with Gasteiger partial charge in [-0.05, 0) is 70.2 Å². The SMILES string of the molecule is Cc1[nH]nc2c1C(c1cc(C#CC3(C)CCN(C(=O)OC(C)(C)C)C3)cc(CO)c1)(C(C)C)C(C#N)=C(N)O2. The topological polar surface area (TPSA) is 137 Å². The molecule has 0 aliphatic carbocycles. The summed E-state index contributed by atoms with van der Waals surface area (Å²) in [6.07, 6.45) is 0.379. The molecule has 2 aromatic rings. The molecule has 0 bridgehead atoms. The second kappa shape index (κ2) is 9.98. The Bertz CT molecular complexity index is 1430. The van der Waals surface area contributed by atoms with Crippen LogP contribution in [-0.2, 0) is 16.8 Å². The van der Waals surface area contributed by atoms with E-state index in [0.717, 1.165) is 16.8 Å². The highest BCUT2D eigenvalue weighted by Crippen LogP contribution is 2.52. The van der Waals surface area contributed by atoms with E-state index in [1.165, 1.54) is 0 Å². The summed E-state index contributed by atoms with van der Waals surface area (Å²) in [4.78, 5) is 14.3. The molecule has 1 aromatic heterocycles. The number of fused-ring (bicyclic) bond motifs is 1. The highest BCUT2D eigenvalue weighted by Gasteiger charge is 2.50. The zero-order chi connectivity index (χ0) is 28.8. The van der Waals surface area contributed by atoms with Crippen LogP contribution in [0.2, 0.25) is 0 Å². The number of aryl methyl sites for hydroxylation is 1. The fourth-order valence-electron chi connectivity index (χ4n) is 5.61. The third kappa shape index (κ3) is 5.07. The smallest absolute Gasteiger partial charge is 0.410 e. The lowest BCUT2D eigenvalue weighted by atomic mass is 9.61. The van der Waals surface area contributed by atoms with Crippen LogP contribution in [0.1, 0.15) is 75.9 Å². The monoisotopic (exact) mass is 531 g/mol. The van der Waals surface area contributed by atoms with E-state index in [1.807, 2.05) is 66.7 Å². The Balaban J connectivity index is 1.79. The number of nitrogens with zero attached hydrogens (tertiary/aromatic N) is 3. The summed E-state index contributed by atoms with van der Waals surface area (Å²) in [5, 5.41) is 27.7. The van der Waals surface area contributed by atoms with Crippen LogP contribution < -0.4 is 10.5 Å². The van der Waals surface area contributed by atoms with Gasteiger partial charge in [0.2, 0.25) is 11.8 Å². The molecular formula is C30H37N5O4. The maximum Gasteiger partial charge on any atom is 0.410 e. The molecule has 0 radical (unpaired) electrons. The van der Waals surface area contributed by atoms with Crippen molar-refractivity contribution >= 4 is 6.09 Å². The molecule has 1 aromatic carbocycles. The fraction of sp³-hybridized carbons (Fsp3) is 0.500. The zero-order valence-corrected chi connectivity index (χ0v) is 23.7. The minimum atomic E-state index is -0.962. The van der Waals surface area contributed by atoms with E-state index in [0.29, 0.717) is 42.1 Å². The number of aliphatic hydroxyl groups is 1. The molecule has 2 aliphatic rings. The van der Waals surface area contributed by atoms with E-state index in [4.69, 9.17) is 15.2 Å². The average Bonchev–Trinajstić information content (AvgIpc) is 3.43. The molecule has 2 atom stereocenters. The standard InChI is InChI=1S/C30H37N5O4/c1-18(2)30(23(15-31)25(32)38-26-24(30)19(3)33-34-26)22-13-20(12-21(14-22)16-36)8-9-29(7)10-11-35(17-29)27(37)39-28(4,5)6/h12-14,18,36H,10-11,16-17,32H2,1-7H3,(H,33,34). The Morgan fingerprint density at radius 3 is 2.69 bits per heavy atom. The van der Waals surface area contributed by atoms with Gasteiger partial charge in [0.15, 0.2) is 0 Å². The number of hydrogen-bond acceptors (Lipinski definition) is 7. The van der Waals surface area contributed by atoms with Gasteiger partial charge in [0.1, 0.15) is 17.2 Å². The lowest BCUT2D eigenvalue weighted by Crippen LogP contribution is -2.41. The molecule has 9 heteroatoms. The number of aliphatic hydroxyl groups excluding tert-OH is 1. The molecule has 2 aliphatic heterocycles. The Hall–Kier alpha value is -3.95. The number of carbonyl (C=O) groups is 1. The van der Waals surface area contributed by atoms with Gasteiger partial charge >= 0.3 is 6.09 Å². The highest BCUT2D eigenvalue weighted by molar-refractivity contribution is 5.69. The number of allylic oxidation sites excluding steroid dienone is 1. The molecule has 1 amide bonds. The van der Waals surface area contributed by atoms with E-state index >= 15 is 0 Å². The quantitative estimate of drug-likeness (QED) is 0.504. The molecule has 1 fully saturated rings. The van der Waals surface area contributed by atoms with Crippen LogP contribution in [0.4, 0.5) is 4.79 Å². The molecule has 4 rings (SSSR count).